The number of fused-ring (bicyclic) bond motifs is 7. The summed E-state index contributed by atoms with van der Waals surface area (Å²) in [6.07, 6.45) is 0. The van der Waals surface area contributed by atoms with Crippen LogP contribution in [0, 0.1) is 27.7 Å². The Hall–Kier alpha value is -7.76. The fraction of sp³-hybridized carbons (Fsp3) is 0.217. The smallest absolute Gasteiger partial charge is 0.256 e. The van der Waals surface area contributed by atoms with Gasteiger partial charge in [0.2, 0.25) is 0 Å². The monoisotopic (exact) mass is 964 g/mol. The van der Waals surface area contributed by atoms with Crippen LogP contribution in [0.4, 0.5) is 51.2 Å². The zero-order valence-electron chi connectivity index (χ0n) is 45.1. The van der Waals surface area contributed by atoms with Gasteiger partial charge in [-0.15, -0.1) is 0 Å². The van der Waals surface area contributed by atoms with Gasteiger partial charge in [0.15, 0.2) is 0 Å². The molecule has 0 atom stereocenters. The van der Waals surface area contributed by atoms with Gasteiger partial charge >= 0.3 is 0 Å². The normalized spacial score (nSPS) is 13.8. The molecular weight excluding hydrogens is 898 g/mol. The number of hydrogen-bond donors (Lipinski definition) is 0. The van der Waals surface area contributed by atoms with E-state index in [2.05, 4.69) is 280 Å². The molecule has 0 radical (unpaired) electrons. The molecule has 0 saturated carbocycles. The van der Waals surface area contributed by atoms with Crippen molar-refractivity contribution in [2.45, 2.75) is 99.3 Å². The van der Waals surface area contributed by atoms with Crippen LogP contribution in [-0.4, -0.2) is 6.71 Å². The molecule has 0 aromatic heterocycles. The van der Waals surface area contributed by atoms with E-state index in [0.29, 0.717) is 0 Å². The fourth-order valence-corrected chi connectivity index (χ4v) is 11.9. The summed E-state index contributed by atoms with van der Waals surface area (Å²) in [5.74, 6) is 1.79. The standard InChI is InChI=1S/C69H66BN3O/c1-43-17-26-49(27-18-43)71(50-28-19-44(2)20-29-50)53-34-35-58-63(42-53)74-64-39-48(68(8,9)10)38-62-66(64)70(58)59-37-47(67(5,6)7)25-36-60(59)73(62)61-41-54(40-56-55-15-13-14-16-57(55)69(11,12)65(56)61)72(51-30-21-45(3)22-31-51)52-32-23-46(4)24-33-52/h13-42H,1-12H3. The zero-order chi connectivity index (χ0) is 51.6. The van der Waals surface area contributed by atoms with E-state index in [4.69, 9.17) is 4.74 Å². The Balaban J connectivity index is 1.14. The summed E-state index contributed by atoms with van der Waals surface area (Å²) < 4.78 is 7.48. The van der Waals surface area contributed by atoms with E-state index in [1.165, 1.54) is 83.4 Å². The van der Waals surface area contributed by atoms with Gasteiger partial charge in [-0.2, -0.15) is 0 Å². The van der Waals surface area contributed by atoms with Gasteiger partial charge in [-0.1, -0.05) is 169 Å². The van der Waals surface area contributed by atoms with Crippen LogP contribution in [0.15, 0.2) is 182 Å². The Morgan fingerprint density at radius 1 is 0.419 bits per heavy atom. The van der Waals surface area contributed by atoms with Gasteiger partial charge in [-0.3, -0.25) is 0 Å². The van der Waals surface area contributed by atoms with Crippen molar-refractivity contribution in [1.82, 2.24) is 0 Å². The molecule has 12 rings (SSSR count). The molecule has 0 fully saturated rings. The SMILES string of the molecule is Cc1ccc(N(c2ccc(C)cc2)c2ccc3c(c2)Oc2cc(C(C)(C)C)cc4c2B3c2cc(C(C)(C)C)ccc2N4c2cc(N(c3ccc(C)cc3)c3ccc(C)cc3)cc3c2C(C)(C)c2ccccc2-3)cc1. The second-order valence-electron chi connectivity index (χ2n) is 23.8. The van der Waals surface area contributed by atoms with E-state index in [1.807, 2.05) is 0 Å². The lowest BCUT2D eigenvalue weighted by molar-refractivity contribution is 0.483. The molecule has 0 spiro atoms. The number of aryl methyl sites for hydroxylation is 4. The minimum Gasteiger partial charge on any atom is -0.458 e. The van der Waals surface area contributed by atoms with Crippen molar-refractivity contribution in [3.8, 4) is 22.6 Å². The summed E-state index contributed by atoms with van der Waals surface area (Å²) in [5.41, 5.74) is 25.8. The summed E-state index contributed by atoms with van der Waals surface area (Å²) >= 11 is 0. The number of hydrogen-bond acceptors (Lipinski definition) is 4. The average molecular weight is 964 g/mol. The highest BCUT2D eigenvalue weighted by Crippen LogP contribution is 2.57. The highest BCUT2D eigenvalue weighted by atomic mass is 16.5. The lowest BCUT2D eigenvalue weighted by Gasteiger charge is -2.43. The molecule has 0 amide bonds. The molecule has 9 aromatic rings. The first-order valence-corrected chi connectivity index (χ1v) is 26.4. The molecule has 4 nitrogen and oxygen atoms in total. The minimum atomic E-state index is -0.317. The molecule has 0 bridgehead atoms. The highest BCUT2D eigenvalue weighted by Gasteiger charge is 2.46. The Morgan fingerprint density at radius 3 is 1.47 bits per heavy atom. The molecule has 366 valence electrons. The quantitative estimate of drug-likeness (QED) is 0.148. The summed E-state index contributed by atoms with van der Waals surface area (Å²) in [4.78, 5) is 7.43. The number of anilines is 9. The van der Waals surface area contributed by atoms with Gasteiger partial charge in [-0.25, -0.2) is 0 Å². The lowest BCUT2D eigenvalue weighted by atomic mass is 9.34. The van der Waals surface area contributed by atoms with Crippen molar-refractivity contribution in [3.05, 3.63) is 226 Å². The summed E-state index contributed by atoms with van der Waals surface area (Å²) in [6, 6.07) is 68.7. The lowest BCUT2D eigenvalue weighted by Crippen LogP contribution is -2.60. The Morgan fingerprint density at radius 2 is 0.932 bits per heavy atom. The number of rotatable bonds is 7. The molecule has 3 aliphatic rings. The van der Waals surface area contributed by atoms with Gasteiger partial charge in [0, 0.05) is 57.0 Å². The van der Waals surface area contributed by atoms with E-state index in [-0.39, 0.29) is 23.0 Å². The average Bonchev–Trinajstić information content (AvgIpc) is 3.65. The molecule has 5 heteroatoms. The molecule has 9 aromatic carbocycles. The third-order valence-corrected chi connectivity index (χ3v) is 16.0. The van der Waals surface area contributed by atoms with Crippen LogP contribution in [-0.2, 0) is 16.2 Å². The van der Waals surface area contributed by atoms with Gasteiger partial charge in [0.25, 0.3) is 6.71 Å². The van der Waals surface area contributed by atoms with Crippen molar-refractivity contribution in [2.75, 3.05) is 14.7 Å². The first kappa shape index (κ1) is 47.3. The van der Waals surface area contributed by atoms with Crippen molar-refractivity contribution in [1.29, 1.82) is 0 Å². The Bertz CT molecular complexity index is 3580. The predicted octanol–water partition coefficient (Wildman–Crippen LogP) is 17.2. The topological polar surface area (TPSA) is 19.0 Å². The van der Waals surface area contributed by atoms with Gasteiger partial charge in [-0.05, 0) is 173 Å². The molecule has 1 aliphatic carbocycles. The van der Waals surface area contributed by atoms with Crippen molar-refractivity contribution in [2.24, 2.45) is 0 Å². The maximum atomic E-state index is 7.48. The third-order valence-electron chi connectivity index (χ3n) is 16.0. The summed E-state index contributed by atoms with van der Waals surface area (Å²) in [7, 11) is 0. The molecule has 2 heterocycles. The van der Waals surface area contributed by atoms with E-state index in [1.54, 1.807) is 0 Å². The van der Waals surface area contributed by atoms with Crippen molar-refractivity contribution >= 4 is 74.3 Å². The van der Waals surface area contributed by atoms with E-state index >= 15 is 0 Å². The van der Waals surface area contributed by atoms with Gasteiger partial charge in [0.1, 0.15) is 11.5 Å². The van der Waals surface area contributed by atoms with Crippen molar-refractivity contribution in [3.63, 3.8) is 0 Å². The summed E-state index contributed by atoms with van der Waals surface area (Å²) in [5, 5.41) is 0. The second-order valence-corrected chi connectivity index (χ2v) is 23.8. The number of nitrogens with zero attached hydrogens (tertiary/aromatic N) is 3. The molecule has 2 aliphatic heterocycles. The van der Waals surface area contributed by atoms with E-state index in [0.717, 1.165) is 51.3 Å². The first-order valence-electron chi connectivity index (χ1n) is 26.4. The van der Waals surface area contributed by atoms with E-state index < -0.39 is 0 Å². The third kappa shape index (κ3) is 7.82. The number of ether oxygens (including phenoxy) is 1. The predicted molar refractivity (Wildman–Crippen MR) is 316 cm³/mol. The number of benzene rings is 9. The van der Waals surface area contributed by atoms with Crippen LogP contribution in [0.5, 0.6) is 11.5 Å². The largest absolute Gasteiger partial charge is 0.458 e. The van der Waals surface area contributed by atoms with Crippen LogP contribution in [0.2, 0.25) is 0 Å². The Labute approximate surface area is 440 Å². The Kier molecular flexibility index (Phi) is 11.0. The molecule has 0 N–H and O–H groups in total. The maximum Gasteiger partial charge on any atom is 0.256 e. The summed E-state index contributed by atoms with van der Waals surface area (Å²) in [6.45, 7) is 27.3. The van der Waals surface area contributed by atoms with Crippen molar-refractivity contribution < 1.29 is 4.74 Å². The van der Waals surface area contributed by atoms with Gasteiger partial charge in [0.05, 0.1) is 5.69 Å². The van der Waals surface area contributed by atoms with E-state index in [9.17, 15) is 0 Å². The minimum absolute atomic E-state index is 0.0904. The van der Waals surface area contributed by atoms with Crippen LogP contribution >= 0.6 is 0 Å². The van der Waals surface area contributed by atoms with Crippen LogP contribution < -0.4 is 35.8 Å². The molecule has 0 saturated heterocycles. The first-order chi connectivity index (χ1) is 35.3. The van der Waals surface area contributed by atoms with Crippen LogP contribution in [0.1, 0.15) is 99.9 Å². The van der Waals surface area contributed by atoms with Gasteiger partial charge < -0.3 is 19.4 Å². The zero-order valence-corrected chi connectivity index (χ0v) is 45.1. The second kappa shape index (κ2) is 17.2. The maximum absolute atomic E-state index is 7.48. The van der Waals surface area contributed by atoms with Crippen LogP contribution in [0.25, 0.3) is 11.1 Å². The molecule has 74 heavy (non-hydrogen) atoms. The molecular formula is C69H66BN3O. The highest BCUT2D eigenvalue weighted by molar-refractivity contribution is 6.99. The van der Waals surface area contributed by atoms with Crippen LogP contribution in [0.3, 0.4) is 0 Å². The fourth-order valence-electron chi connectivity index (χ4n) is 11.9. The molecule has 0 unspecified atom stereocenters.